The Kier molecular flexibility index (Phi) is 7.55. The summed E-state index contributed by atoms with van der Waals surface area (Å²) in [4.78, 5) is 13.7. The molecule has 0 unspecified atom stereocenters. The molecular formula is C25H38N6O. The molecule has 3 atom stereocenters. The lowest BCUT2D eigenvalue weighted by atomic mass is 9.69. The quantitative estimate of drug-likeness (QED) is 0.576. The predicted octanol–water partition coefficient (Wildman–Crippen LogP) is 4.03. The van der Waals surface area contributed by atoms with Crippen molar-refractivity contribution in [2.75, 3.05) is 37.6 Å². The van der Waals surface area contributed by atoms with Crippen molar-refractivity contribution in [2.24, 2.45) is 23.7 Å². The highest BCUT2D eigenvalue weighted by atomic mass is 16.4. The molecule has 0 spiro atoms. The van der Waals surface area contributed by atoms with E-state index in [1.165, 1.54) is 12.0 Å². The van der Waals surface area contributed by atoms with Crippen LogP contribution in [0.25, 0.3) is 0 Å². The van der Waals surface area contributed by atoms with Gasteiger partial charge in [0.05, 0.1) is 0 Å². The second kappa shape index (κ2) is 10.6. The molecule has 32 heavy (non-hydrogen) atoms. The summed E-state index contributed by atoms with van der Waals surface area (Å²) in [6.45, 7) is 14.4. The number of aromatic nitrogens is 4. The average molecular weight is 439 g/mol. The molecule has 1 fully saturated rings. The molecule has 1 aliphatic carbocycles. The van der Waals surface area contributed by atoms with E-state index >= 15 is 0 Å². The van der Waals surface area contributed by atoms with Crippen molar-refractivity contribution in [3.05, 3.63) is 41.9 Å². The summed E-state index contributed by atoms with van der Waals surface area (Å²) < 4.78 is 5.89. The molecule has 7 heteroatoms. The van der Waals surface area contributed by atoms with E-state index in [0.717, 1.165) is 69.7 Å². The molecule has 174 valence electrons. The molecule has 0 bridgehead atoms. The van der Waals surface area contributed by atoms with Crippen LogP contribution >= 0.6 is 0 Å². The van der Waals surface area contributed by atoms with Crippen LogP contribution in [-0.4, -0.2) is 57.8 Å². The van der Waals surface area contributed by atoms with E-state index < -0.39 is 0 Å². The van der Waals surface area contributed by atoms with Crippen molar-refractivity contribution in [3.63, 3.8) is 0 Å². The summed E-state index contributed by atoms with van der Waals surface area (Å²) in [6, 6.07) is 1.87. The van der Waals surface area contributed by atoms with Crippen LogP contribution in [0.5, 0.6) is 0 Å². The average Bonchev–Trinajstić information content (AvgIpc) is 3.23. The van der Waals surface area contributed by atoms with E-state index in [1.54, 1.807) is 0 Å². The lowest BCUT2D eigenvalue weighted by Gasteiger charge is -2.41. The number of piperazine rings is 1. The molecule has 0 saturated carbocycles. The van der Waals surface area contributed by atoms with Crippen LogP contribution in [0.1, 0.15) is 52.3 Å². The Labute approximate surface area is 192 Å². The highest BCUT2D eigenvalue weighted by Gasteiger charge is 2.34. The van der Waals surface area contributed by atoms with E-state index in [-0.39, 0.29) is 0 Å². The standard InChI is InChI=1S/C25H38N6O/c1-5-7-23-28-29-24(32-23)16-20-15-22(18(2)3)21(14-19(20)4)17-30-10-12-31(13-11-30)25-26-8-6-9-27-25/h6,8-9,14,18,20-22H,5,7,10-13,15-17H2,1-4H3/t20-,21+,22+/m1/s1. The summed E-state index contributed by atoms with van der Waals surface area (Å²) >= 11 is 0. The largest absolute Gasteiger partial charge is 0.425 e. The number of hydrogen-bond acceptors (Lipinski definition) is 7. The molecule has 7 nitrogen and oxygen atoms in total. The first-order valence-electron chi connectivity index (χ1n) is 12.3. The second-order valence-corrected chi connectivity index (χ2v) is 9.80. The highest BCUT2D eigenvalue weighted by Crippen LogP contribution is 2.39. The molecule has 3 heterocycles. The third-order valence-electron chi connectivity index (χ3n) is 7.15. The number of rotatable bonds is 8. The molecule has 0 amide bonds. The van der Waals surface area contributed by atoms with Crippen LogP contribution in [0.4, 0.5) is 5.95 Å². The van der Waals surface area contributed by atoms with Gasteiger partial charge in [-0.1, -0.05) is 32.4 Å². The Morgan fingerprint density at radius 1 is 1.06 bits per heavy atom. The molecule has 0 aromatic carbocycles. The SMILES string of the molecule is CCCc1nnc(C[C@H]2C[C@@H](C(C)C)[C@H](CN3CCN(c4ncccn4)CC3)C=C2C)o1. The monoisotopic (exact) mass is 438 g/mol. The third-order valence-corrected chi connectivity index (χ3v) is 7.15. The number of allylic oxidation sites excluding steroid dienone is 1. The van der Waals surface area contributed by atoms with E-state index in [0.29, 0.717) is 23.7 Å². The molecular weight excluding hydrogens is 400 g/mol. The van der Waals surface area contributed by atoms with Crippen molar-refractivity contribution in [1.82, 2.24) is 25.1 Å². The van der Waals surface area contributed by atoms with Gasteiger partial charge in [0.1, 0.15) is 0 Å². The van der Waals surface area contributed by atoms with Crippen molar-refractivity contribution in [1.29, 1.82) is 0 Å². The maximum atomic E-state index is 5.89. The van der Waals surface area contributed by atoms with E-state index in [1.807, 2.05) is 18.5 Å². The molecule has 2 aliphatic rings. The van der Waals surface area contributed by atoms with Gasteiger partial charge in [-0.25, -0.2) is 9.97 Å². The van der Waals surface area contributed by atoms with Gasteiger partial charge in [-0.05, 0) is 49.5 Å². The van der Waals surface area contributed by atoms with Crippen LogP contribution < -0.4 is 4.90 Å². The number of aryl methyl sites for hydroxylation is 1. The van der Waals surface area contributed by atoms with E-state index in [2.05, 4.69) is 63.7 Å². The lowest BCUT2D eigenvalue weighted by Crippen LogP contribution is -2.49. The normalized spacial score (nSPS) is 24.7. The molecule has 2 aromatic heterocycles. The Morgan fingerprint density at radius 3 is 2.47 bits per heavy atom. The van der Waals surface area contributed by atoms with Crippen molar-refractivity contribution >= 4 is 5.95 Å². The van der Waals surface area contributed by atoms with Gasteiger partial charge in [0.15, 0.2) is 0 Å². The van der Waals surface area contributed by atoms with Crippen LogP contribution in [-0.2, 0) is 12.8 Å². The van der Waals surface area contributed by atoms with Crippen LogP contribution in [0.3, 0.4) is 0 Å². The van der Waals surface area contributed by atoms with Gasteiger partial charge in [-0.2, -0.15) is 0 Å². The first-order chi connectivity index (χ1) is 15.5. The highest BCUT2D eigenvalue weighted by molar-refractivity contribution is 5.29. The maximum Gasteiger partial charge on any atom is 0.225 e. The smallest absolute Gasteiger partial charge is 0.225 e. The predicted molar refractivity (Wildman–Crippen MR) is 126 cm³/mol. The van der Waals surface area contributed by atoms with Gasteiger partial charge in [-0.15, -0.1) is 10.2 Å². The molecule has 2 aromatic rings. The van der Waals surface area contributed by atoms with E-state index in [9.17, 15) is 0 Å². The van der Waals surface area contributed by atoms with Crippen LogP contribution in [0, 0.1) is 23.7 Å². The zero-order chi connectivity index (χ0) is 22.5. The number of nitrogens with zero attached hydrogens (tertiary/aromatic N) is 6. The topological polar surface area (TPSA) is 71.2 Å². The number of hydrogen-bond donors (Lipinski definition) is 0. The molecule has 0 radical (unpaired) electrons. The summed E-state index contributed by atoms with van der Waals surface area (Å²) in [5.74, 6) is 4.86. The summed E-state index contributed by atoms with van der Waals surface area (Å²) in [6.07, 6.45) is 10.2. The van der Waals surface area contributed by atoms with Gasteiger partial charge in [0.2, 0.25) is 17.7 Å². The van der Waals surface area contributed by atoms with Crippen molar-refractivity contribution in [3.8, 4) is 0 Å². The molecule has 0 N–H and O–H groups in total. The summed E-state index contributed by atoms with van der Waals surface area (Å²) in [5.41, 5.74) is 1.48. The minimum absolute atomic E-state index is 0.501. The van der Waals surface area contributed by atoms with Gasteiger partial charge in [0, 0.05) is 58.0 Å². The molecule has 1 saturated heterocycles. The first kappa shape index (κ1) is 22.9. The minimum Gasteiger partial charge on any atom is -0.425 e. The fraction of sp³-hybridized carbons (Fsp3) is 0.680. The van der Waals surface area contributed by atoms with Gasteiger partial charge in [0.25, 0.3) is 0 Å². The number of anilines is 1. The first-order valence-corrected chi connectivity index (χ1v) is 12.3. The maximum absolute atomic E-state index is 5.89. The van der Waals surface area contributed by atoms with Gasteiger partial charge < -0.3 is 9.32 Å². The van der Waals surface area contributed by atoms with E-state index in [4.69, 9.17) is 4.42 Å². The van der Waals surface area contributed by atoms with Crippen molar-refractivity contribution < 1.29 is 4.42 Å². The van der Waals surface area contributed by atoms with Gasteiger partial charge in [-0.3, -0.25) is 4.90 Å². The molecule has 1 aliphatic heterocycles. The van der Waals surface area contributed by atoms with Crippen LogP contribution in [0.2, 0.25) is 0 Å². The third kappa shape index (κ3) is 5.55. The summed E-state index contributed by atoms with van der Waals surface area (Å²) in [5, 5.41) is 8.53. The van der Waals surface area contributed by atoms with Crippen LogP contribution in [0.15, 0.2) is 34.5 Å². The Bertz CT molecular complexity index is 872. The fourth-order valence-electron chi connectivity index (χ4n) is 5.27. The summed E-state index contributed by atoms with van der Waals surface area (Å²) in [7, 11) is 0. The zero-order valence-corrected chi connectivity index (χ0v) is 20.1. The Morgan fingerprint density at radius 2 is 1.78 bits per heavy atom. The van der Waals surface area contributed by atoms with Gasteiger partial charge >= 0.3 is 0 Å². The molecule has 4 rings (SSSR count). The second-order valence-electron chi connectivity index (χ2n) is 9.80. The Balaban J connectivity index is 1.37. The zero-order valence-electron chi connectivity index (χ0n) is 20.1. The minimum atomic E-state index is 0.501. The lowest BCUT2D eigenvalue weighted by molar-refractivity contribution is 0.154. The van der Waals surface area contributed by atoms with Crippen molar-refractivity contribution in [2.45, 2.75) is 53.4 Å². The fourth-order valence-corrected chi connectivity index (χ4v) is 5.27. The Hall–Kier alpha value is -2.28.